The van der Waals surface area contributed by atoms with Crippen LogP contribution in [0.3, 0.4) is 0 Å². The first-order valence-corrected chi connectivity index (χ1v) is 9.81. The highest BCUT2D eigenvalue weighted by atomic mass is 32.2. The molecule has 27 heavy (non-hydrogen) atoms. The first kappa shape index (κ1) is 20.9. The summed E-state index contributed by atoms with van der Waals surface area (Å²) in [5, 5.41) is 2.60. The molecular formula is C19H24N2O5S. The minimum atomic E-state index is -3.81. The van der Waals surface area contributed by atoms with Crippen molar-refractivity contribution in [1.29, 1.82) is 0 Å². The highest BCUT2D eigenvalue weighted by molar-refractivity contribution is 7.89. The molecule has 0 aliphatic carbocycles. The topological polar surface area (TPSA) is 84.9 Å². The Labute approximate surface area is 160 Å². The molecule has 146 valence electrons. The Kier molecular flexibility index (Phi) is 7.35. The van der Waals surface area contributed by atoms with Gasteiger partial charge in [0, 0.05) is 27.1 Å². The molecule has 0 unspecified atom stereocenters. The molecule has 0 aliphatic heterocycles. The van der Waals surface area contributed by atoms with E-state index in [2.05, 4.69) is 5.32 Å². The van der Waals surface area contributed by atoms with E-state index in [1.54, 1.807) is 0 Å². The first-order valence-electron chi connectivity index (χ1n) is 8.37. The molecular weight excluding hydrogens is 368 g/mol. The van der Waals surface area contributed by atoms with E-state index in [0.29, 0.717) is 11.4 Å². The summed E-state index contributed by atoms with van der Waals surface area (Å²) in [5.74, 6) is 0.0685. The number of amides is 1. The monoisotopic (exact) mass is 392 g/mol. The van der Waals surface area contributed by atoms with Gasteiger partial charge in [0.2, 0.25) is 15.9 Å². The summed E-state index contributed by atoms with van der Waals surface area (Å²) in [5.41, 5.74) is 1.17. The van der Waals surface area contributed by atoms with Crippen LogP contribution >= 0.6 is 0 Å². The lowest BCUT2D eigenvalue weighted by Gasteiger charge is -2.23. The maximum Gasteiger partial charge on any atom is 0.243 e. The molecule has 0 radical (unpaired) electrons. The third-order valence-electron chi connectivity index (χ3n) is 3.87. The molecule has 0 saturated carbocycles. The zero-order valence-electron chi connectivity index (χ0n) is 15.6. The zero-order chi connectivity index (χ0) is 19.9. The van der Waals surface area contributed by atoms with Gasteiger partial charge in [-0.3, -0.25) is 4.79 Å². The van der Waals surface area contributed by atoms with Gasteiger partial charge >= 0.3 is 0 Å². The Bertz CT molecular complexity index is 869. The van der Waals surface area contributed by atoms with E-state index in [9.17, 15) is 13.2 Å². The summed E-state index contributed by atoms with van der Waals surface area (Å²) < 4.78 is 38.0. The fourth-order valence-electron chi connectivity index (χ4n) is 2.55. The van der Waals surface area contributed by atoms with Crippen LogP contribution in [-0.4, -0.2) is 46.0 Å². The molecule has 2 aromatic carbocycles. The van der Waals surface area contributed by atoms with Crippen molar-refractivity contribution < 1.29 is 22.7 Å². The summed E-state index contributed by atoms with van der Waals surface area (Å²) in [6, 6.07) is 13.7. The molecule has 2 aromatic rings. The third kappa shape index (κ3) is 5.53. The predicted octanol–water partition coefficient (Wildman–Crippen LogP) is 2.49. The fraction of sp³-hybridized carbons (Fsp3) is 0.316. The maximum atomic E-state index is 13.2. The van der Waals surface area contributed by atoms with E-state index in [4.69, 9.17) is 9.47 Å². The summed E-state index contributed by atoms with van der Waals surface area (Å²) >= 11 is 0. The lowest BCUT2D eigenvalue weighted by atomic mass is 10.2. The highest BCUT2D eigenvalue weighted by Gasteiger charge is 2.25. The number of carbonyl (C=O) groups is 1. The fourth-order valence-corrected chi connectivity index (χ4v) is 3.99. The number of sulfonamides is 1. The van der Waals surface area contributed by atoms with Crippen molar-refractivity contribution in [2.24, 2.45) is 0 Å². The van der Waals surface area contributed by atoms with Gasteiger partial charge in [-0.15, -0.1) is 0 Å². The molecule has 0 saturated heterocycles. The molecule has 0 heterocycles. The normalized spacial score (nSPS) is 11.4. The molecule has 0 aromatic heterocycles. The van der Waals surface area contributed by atoms with Gasteiger partial charge in [0.05, 0.1) is 24.3 Å². The van der Waals surface area contributed by atoms with Gasteiger partial charge in [-0.25, -0.2) is 8.42 Å². The van der Waals surface area contributed by atoms with E-state index < -0.39 is 10.0 Å². The Morgan fingerprint density at radius 2 is 1.81 bits per heavy atom. The summed E-state index contributed by atoms with van der Waals surface area (Å²) in [6.07, 6.45) is 0. The van der Waals surface area contributed by atoms with Gasteiger partial charge in [0.15, 0.2) is 0 Å². The van der Waals surface area contributed by atoms with Gasteiger partial charge in [0.1, 0.15) is 5.75 Å². The first-order chi connectivity index (χ1) is 12.9. The van der Waals surface area contributed by atoms with Gasteiger partial charge in [0.25, 0.3) is 0 Å². The SMILES string of the molecule is COCCN(Cc1ccccc1)S(=O)(=O)c1ccc(OC)c(NC(C)=O)c1. The second-order valence-electron chi connectivity index (χ2n) is 5.86. The minimum Gasteiger partial charge on any atom is -0.495 e. The van der Waals surface area contributed by atoms with E-state index in [0.717, 1.165) is 5.56 Å². The van der Waals surface area contributed by atoms with Crippen LogP contribution in [-0.2, 0) is 26.1 Å². The van der Waals surface area contributed by atoms with Crippen LogP contribution < -0.4 is 10.1 Å². The van der Waals surface area contributed by atoms with E-state index in [1.807, 2.05) is 30.3 Å². The molecule has 8 heteroatoms. The average Bonchev–Trinajstić information content (AvgIpc) is 2.65. The quantitative estimate of drug-likeness (QED) is 0.709. The van der Waals surface area contributed by atoms with Crippen molar-refractivity contribution in [2.45, 2.75) is 18.4 Å². The number of ether oxygens (including phenoxy) is 2. The Balaban J connectivity index is 2.40. The second kappa shape index (κ2) is 9.50. The number of nitrogens with zero attached hydrogens (tertiary/aromatic N) is 1. The number of hydrogen-bond donors (Lipinski definition) is 1. The Morgan fingerprint density at radius 3 is 2.41 bits per heavy atom. The molecule has 1 amide bonds. The molecule has 0 spiro atoms. The second-order valence-corrected chi connectivity index (χ2v) is 7.80. The van der Waals surface area contributed by atoms with E-state index in [-0.39, 0.29) is 30.5 Å². The van der Waals surface area contributed by atoms with Crippen LogP contribution in [0.15, 0.2) is 53.4 Å². The van der Waals surface area contributed by atoms with Crippen LogP contribution in [0.4, 0.5) is 5.69 Å². The Hall–Kier alpha value is -2.42. The van der Waals surface area contributed by atoms with Crippen LogP contribution in [0.2, 0.25) is 0 Å². The molecule has 0 bridgehead atoms. The molecule has 0 atom stereocenters. The van der Waals surface area contributed by atoms with Crippen LogP contribution in [0.5, 0.6) is 5.75 Å². The average molecular weight is 392 g/mol. The number of rotatable bonds is 9. The lowest BCUT2D eigenvalue weighted by Crippen LogP contribution is -2.33. The third-order valence-corrected chi connectivity index (χ3v) is 5.71. The molecule has 7 nitrogen and oxygen atoms in total. The highest BCUT2D eigenvalue weighted by Crippen LogP contribution is 2.29. The summed E-state index contributed by atoms with van der Waals surface area (Å²) in [6.45, 7) is 2.03. The van der Waals surface area contributed by atoms with Crippen LogP contribution in [0.25, 0.3) is 0 Å². The number of hydrogen-bond acceptors (Lipinski definition) is 5. The molecule has 0 fully saturated rings. The lowest BCUT2D eigenvalue weighted by molar-refractivity contribution is -0.114. The largest absolute Gasteiger partial charge is 0.495 e. The summed E-state index contributed by atoms with van der Waals surface area (Å²) in [7, 11) is -0.831. The predicted molar refractivity (Wildman–Crippen MR) is 103 cm³/mol. The molecule has 0 aliphatic rings. The summed E-state index contributed by atoms with van der Waals surface area (Å²) in [4.78, 5) is 11.5. The smallest absolute Gasteiger partial charge is 0.243 e. The van der Waals surface area contributed by atoms with Crippen molar-refractivity contribution in [3.63, 3.8) is 0 Å². The number of carbonyl (C=O) groups excluding carboxylic acids is 1. The number of methoxy groups -OCH3 is 2. The number of benzene rings is 2. The van der Waals surface area contributed by atoms with Gasteiger partial charge < -0.3 is 14.8 Å². The number of nitrogens with one attached hydrogen (secondary N) is 1. The maximum absolute atomic E-state index is 13.2. The van der Waals surface area contributed by atoms with Gasteiger partial charge in [-0.2, -0.15) is 4.31 Å². The van der Waals surface area contributed by atoms with Crippen LogP contribution in [0, 0.1) is 0 Å². The van der Waals surface area contributed by atoms with Crippen molar-refractivity contribution in [2.75, 3.05) is 32.7 Å². The van der Waals surface area contributed by atoms with E-state index >= 15 is 0 Å². The minimum absolute atomic E-state index is 0.0686. The number of anilines is 1. The van der Waals surface area contributed by atoms with Crippen LogP contribution in [0.1, 0.15) is 12.5 Å². The standard InChI is InChI=1S/C19H24N2O5S/c1-15(22)20-18-13-17(9-10-19(18)26-3)27(23,24)21(11-12-25-2)14-16-7-5-4-6-8-16/h4-10,13H,11-12,14H2,1-3H3,(H,20,22). The van der Waals surface area contributed by atoms with Crippen molar-refractivity contribution in [3.8, 4) is 5.75 Å². The molecule has 2 rings (SSSR count). The van der Waals surface area contributed by atoms with Gasteiger partial charge in [-0.05, 0) is 23.8 Å². The molecule has 1 N–H and O–H groups in total. The van der Waals surface area contributed by atoms with Crippen molar-refractivity contribution in [3.05, 3.63) is 54.1 Å². The van der Waals surface area contributed by atoms with E-state index in [1.165, 1.54) is 43.6 Å². The van der Waals surface area contributed by atoms with Crippen molar-refractivity contribution >= 4 is 21.6 Å². The Morgan fingerprint density at radius 1 is 1.11 bits per heavy atom. The zero-order valence-corrected chi connectivity index (χ0v) is 16.5. The van der Waals surface area contributed by atoms with Gasteiger partial charge in [-0.1, -0.05) is 30.3 Å². The van der Waals surface area contributed by atoms with Crippen molar-refractivity contribution in [1.82, 2.24) is 4.31 Å².